The summed E-state index contributed by atoms with van der Waals surface area (Å²) in [6.07, 6.45) is 0. The van der Waals surface area contributed by atoms with E-state index in [-0.39, 0.29) is 5.56 Å². The fourth-order valence-corrected chi connectivity index (χ4v) is 2.14. The van der Waals surface area contributed by atoms with Crippen molar-refractivity contribution in [2.75, 3.05) is 0 Å². The summed E-state index contributed by atoms with van der Waals surface area (Å²) >= 11 is 0. The van der Waals surface area contributed by atoms with Gasteiger partial charge in [0.25, 0.3) is 0 Å². The Kier molecular flexibility index (Phi) is 3.94. The molecule has 8 heteroatoms. The van der Waals surface area contributed by atoms with Crippen LogP contribution in [0.4, 0.5) is 13.2 Å². The van der Waals surface area contributed by atoms with Crippen LogP contribution in [-0.4, -0.2) is 19.8 Å². The first-order valence-corrected chi connectivity index (χ1v) is 6.56. The van der Waals surface area contributed by atoms with E-state index in [4.69, 9.17) is 0 Å². The molecular formula is C11H11F3NO3S-. The van der Waals surface area contributed by atoms with Gasteiger partial charge in [-0.1, -0.05) is 17.7 Å². The molecule has 0 saturated carbocycles. The Morgan fingerprint density at radius 2 is 1.58 bits per heavy atom. The van der Waals surface area contributed by atoms with E-state index >= 15 is 0 Å². The maximum Gasteiger partial charge on any atom is 0.518 e. The van der Waals surface area contributed by atoms with Crippen molar-refractivity contribution in [3.05, 3.63) is 34.4 Å². The minimum Gasteiger partial charge on any atom is -0.858 e. The second kappa shape index (κ2) is 4.84. The van der Waals surface area contributed by atoms with Crippen LogP contribution in [0.1, 0.15) is 22.3 Å². The minimum atomic E-state index is -5.81. The number of sulfonamides is 1. The maximum absolute atomic E-state index is 12.1. The maximum atomic E-state index is 12.1. The molecule has 0 heterocycles. The lowest BCUT2D eigenvalue weighted by Crippen LogP contribution is -2.28. The van der Waals surface area contributed by atoms with Crippen molar-refractivity contribution in [1.29, 1.82) is 0 Å². The van der Waals surface area contributed by atoms with Gasteiger partial charge >= 0.3 is 15.5 Å². The molecule has 1 aromatic carbocycles. The zero-order chi connectivity index (χ0) is 15.0. The van der Waals surface area contributed by atoms with Crippen molar-refractivity contribution in [2.24, 2.45) is 4.40 Å². The summed E-state index contributed by atoms with van der Waals surface area (Å²) in [6, 6.07) is 3.13. The number of hydrogen-bond donors (Lipinski definition) is 0. The summed E-state index contributed by atoms with van der Waals surface area (Å²) in [7, 11) is -5.81. The highest BCUT2D eigenvalue weighted by Gasteiger charge is 2.45. The largest absolute Gasteiger partial charge is 0.858 e. The van der Waals surface area contributed by atoms with Gasteiger partial charge in [0.1, 0.15) is 0 Å². The summed E-state index contributed by atoms with van der Waals surface area (Å²) in [5.74, 6) is -1.41. The quantitative estimate of drug-likeness (QED) is 0.614. The van der Waals surface area contributed by atoms with Gasteiger partial charge in [-0.3, -0.25) is 0 Å². The van der Waals surface area contributed by atoms with Crippen LogP contribution in [0.25, 0.3) is 0 Å². The molecule has 1 rings (SSSR count). The predicted molar refractivity (Wildman–Crippen MR) is 62.2 cm³/mol. The fraction of sp³-hybridized carbons (Fsp3) is 0.364. The molecule has 0 spiro atoms. The van der Waals surface area contributed by atoms with Gasteiger partial charge in [-0.25, -0.2) is 0 Å². The summed E-state index contributed by atoms with van der Waals surface area (Å²) in [4.78, 5) is 0. The van der Waals surface area contributed by atoms with E-state index in [1.807, 2.05) is 0 Å². The summed E-state index contributed by atoms with van der Waals surface area (Å²) < 4.78 is 60.4. The number of rotatable bonds is 2. The topological polar surface area (TPSA) is 69.6 Å². The highest BCUT2D eigenvalue weighted by atomic mass is 32.2. The van der Waals surface area contributed by atoms with Crippen LogP contribution in [0.5, 0.6) is 0 Å². The Hall–Kier alpha value is -1.57. The number of halogens is 3. The Labute approximate surface area is 108 Å². The average Bonchev–Trinajstić information content (AvgIpc) is 2.12. The van der Waals surface area contributed by atoms with Gasteiger partial charge in [0.2, 0.25) is 0 Å². The molecule has 0 atom stereocenters. The lowest BCUT2D eigenvalue weighted by Gasteiger charge is -2.17. The normalized spacial score (nSPS) is 13.7. The van der Waals surface area contributed by atoms with Crippen molar-refractivity contribution in [3.63, 3.8) is 0 Å². The number of benzene rings is 1. The Bertz CT molecular complexity index is 610. The van der Waals surface area contributed by atoms with Crippen molar-refractivity contribution < 1.29 is 26.7 Å². The molecule has 0 radical (unpaired) electrons. The molecular weight excluding hydrogens is 283 g/mol. The zero-order valence-electron chi connectivity index (χ0n) is 10.4. The summed E-state index contributed by atoms with van der Waals surface area (Å²) in [6.45, 7) is 4.75. The molecule has 4 nitrogen and oxygen atoms in total. The van der Waals surface area contributed by atoms with Crippen LogP contribution in [0.3, 0.4) is 0 Å². The number of aryl methyl sites for hydroxylation is 3. The van der Waals surface area contributed by atoms with Crippen LogP contribution >= 0.6 is 0 Å². The van der Waals surface area contributed by atoms with Crippen LogP contribution in [0.2, 0.25) is 0 Å². The number of hydrogen-bond acceptors (Lipinski definition) is 3. The SMILES string of the molecule is Cc1cc(C)c(/C([O-])=N/S(=O)(=O)C(F)(F)F)c(C)c1. The Morgan fingerprint density at radius 3 is 1.95 bits per heavy atom. The molecule has 19 heavy (non-hydrogen) atoms. The van der Waals surface area contributed by atoms with Gasteiger partial charge in [-0.05, 0) is 37.5 Å². The second-order valence-corrected chi connectivity index (χ2v) is 5.69. The molecule has 0 N–H and O–H groups in total. The zero-order valence-corrected chi connectivity index (χ0v) is 11.2. The van der Waals surface area contributed by atoms with E-state index in [1.165, 1.54) is 13.8 Å². The minimum absolute atomic E-state index is 0.126. The first-order valence-electron chi connectivity index (χ1n) is 5.12. The Morgan fingerprint density at radius 1 is 1.16 bits per heavy atom. The molecule has 0 amide bonds. The van der Waals surface area contributed by atoms with Crippen molar-refractivity contribution in [1.82, 2.24) is 0 Å². The van der Waals surface area contributed by atoms with Gasteiger partial charge in [0.05, 0.1) is 0 Å². The van der Waals surface area contributed by atoms with Crippen LogP contribution in [-0.2, 0) is 10.0 Å². The molecule has 0 aliphatic rings. The van der Waals surface area contributed by atoms with Crippen LogP contribution in [0, 0.1) is 20.8 Å². The van der Waals surface area contributed by atoms with E-state index in [9.17, 15) is 26.7 Å². The molecule has 0 aliphatic carbocycles. The van der Waals surface area contributed by atoms with Crippen LogP contribution in [0.15, 0.2) is 16.5 Å². The molecule has 0 unspecified atom stereocenters. The second-order valence-electron chi connectivity index (χ2n) is 4.09. The van der Waals surface area contributed by atoms with Crippen molar-refractivity contribution in [3.8, 4) is 0 Å². The molecule has 0 fully saturated rings. The fourth-order valence-electron chi connectivity index (χ4n) is 1.72. The van der Waals surface area contributed by atoms with E-state index in [0.29, 0.717) is 11.1 Å². The van der Waals surface area contributed by atoms with Crippen molar-refractivity contribution in [2.45, 2.75) is 26.3 Å². The molecule has 106 valence electrons. The third-order valence-electron chi connectivity index (χ3n) is 2.39. The van der Waals surface area contributed by atoms with E-state index in [0.717, 1.165) is 5.56 Å². The van der Waals surface area contributed by atoms with Crippen molar-refractivity contribution >= 4 is 15.9 Å². The standard InChI is InChI=1S/C11H12F3NO3S/c1-6-4-7(2)9(8(3)5-6)10(16)15-19(17,18)11(12,13)14/h4-5H,1-3H3,(H,15,16)/p-1. The smallest absolute Gasteiger partial charge is 0.518 e. The number of alkyl halides is 3. The van der Waals surface area contributed by atoms with Gasteiger partial charge in [0, 0.05) is 5.90 Å². The van der Waals surface area contributed by atoms with E-state index in [1.54, 1.807) is 19.1 Å². The molecule has 1 aromatic rings. The van der Waals surface area contributed by atoms with Gasteiger partial charge < -0.3 is 5.11 Å². The predicted octanol–water partition coefficient (Wildman–Crippen LogP) is 1.57. The third kappa shape index (κ3) is 3.25. The highest BCUT2D eigenvalue weighted by Crippen LogP contribution is 2.25. The van der Waals surface area contributed by atoms with E-state index in [2.05, 4.69) is 4.40 Å². The van der Waals surface area contributed by atoms with Crippen LogP contribution < -0.4 is 5.11 Å². The molecule has 0 aliphatic heterocycles. The Balaban J connectivity index is 3.41. The van der Waals surface area contributed by atoms with E-state index < -0.39 is 21.4 Å². The molecule has 0 saturated heterocycles. The third-order valence-corrected chi connectivity index (χ3v) is 3.38. The molecule has 0 aromatic heterocycles. The van der Waals surface area contributed by atoms with Gasteiger partial charge in [-0.2, -0.15) is 26.0 Å². The lowest BCUT2D eigenvalue weighted by molar-refractivity contribution is -0.212. The van der Waals surface area contributed by atoms with Gasteiger partial charge in [0.15, 0.2) is 0 Å². The first kappa shape index (κ1) is 15.5. The highest BCUT2D eigenvalue weighted by molar-refractivity contribution is 7.91. The average molecular weight is 294 g/mol. The monoisotopic (exact) mass is 294 g/mol. The summed E-state index contributed by atoms with van der Waals surface area (Å²) in [5.41, 5.74) is -4.13. The summed E-state index contributed by atoms with van der Waals surface area (Å²) in [5, 5.41) is 11.6. The first-order chi connectivity index (χ1) is 8.45. The molecule has 0 bridgehead atoms. The number of nitrogens with zero attached hydrogens (tertiary/aromatic N) is 1. The lowest BCUT2D eigenvalue weighted by atomic mass is 10.00. The van der Waals surface area contributed by atoms with Gasteiger partial charge in [-0.15, -0.1) is 0 Å².